The Bertz CT molecular complexity index is 475. The molecule has 19 heavy (non-hydrogen) atoms. The summed E-state index contributed by atoms with van der Waals surface area (Å²) < 4.78 is 1.36. The Morgan fingerprint density at radius 1 is 1.32 bits per heavy atom. The Hall–Kier alpha value is -0.900. The average Bonchev–Trinajstić information content (AvgIpc) is 2.87. The molecule has 1 heterocycles. The maximum atomic E-state index is 9.02. The fourth-order valence-corrected chi connectivity index (χ4v) is 3.38. The summed E-state index contributed by atoms with van der Waals surface area (Å²) >= 11 is 1.87. The largest absolute Gasteiger partial charge is 0.396 e. The predicted octanol–water partition coefficient (Wildman–Crippen LogP) is 3.96. The molecule has 2 unspecified atom stereocenters. The van der Waals surface area contributed by atoms with Crippen LogP contribution in [0, 0.1) is 5.92 Å². The van der Waals surface area contributed by atoms with Crippen molar-refractivity contribution in [2.45, 2.75) is 32.7 Å². The molecule has 1 aromatic carbocycles. The quantitative estimate of drug-likeness (QED) is 0.803. The fraction of sp³-hybridized carbons (Fsp3) is 0.500. The summed E-state index contributed by atoms with van der Waals surface area (Å²) in [6.45, 7) is 5.67. The monoisotopic (exact) mass is 277 g/mol. The van der Waals surface area contributed by atoms with Crippen molar-refractivity contribution in [3.63, 3.8) is 0 Å². The van der Waals surface area contributed by atoms with Crippen LogP contribution in [0.2, 0.25) is 0 Å². The van der Waals surface area contributed by atoms with E-state index >= 15 is 0 Å². The molecule has 2 atom stereocenters. The molecule has 2 nitrogen and oxygen atoms in total. The summed E-state index contributed by atoms with van der Waals surface area (Å²) in [6, 6.07) is 11.2. The number of benzene rings is 1. The van der Waals surface area contributed by atoms with E-state index in [-0.39, 0.29) is 6.61 Å². The molecule has 0 aliphatic heterocycles. The van der Waals surface area contributed by atoms with Crippen LogP contribution in [0.1, 0.15) is 37.6 Å². The van der Waals surface area contributed by atoms with E-state index in [1.54, 1.807) is 0 Å². The van der Waals surface area contributed by atoms with Crippen LogP contribution in [-0.4, -0.2) is 18.3 Å². The molecule has 0 bridgehead atoms. The highest BCUT2D eigenvalue weighted by atomic mass is 32.1. The minimum Gasteiger partial charge on any atom is -0.396 e. The maximum absolute atomic E-state index is 9.02. The number of hydrogen-bond donors (Lipinski definition) is 2. The van der Waals surface area contributed by atoms with Crippen LogP contribution in [-0.2, 0) is 0 Å². The van der Waals surface area contributed by atoms with Gasteiger partial charge in [-0.3, -0.25) is 0 Å². The minimum absolute atomic E-state index is 0.289. The van der Waals surface area contributed by atoms with Gasteiger partial charge in [-0.1, -0.05) is 31.5 Å². The lowest BCUT2D eigenvalue weighted by Gasteiger charge is -2.18. The second-order valence-electron chi connectivity index (χ2n) is 5.10. The molecule has 0 spiro atoms. The number of aliphatic hydroxyl groups is 1. The molecule has 2 aromatic rings. The number of hydrogen-bond acceptors (Lipinski definition) is 3. The standard InChI is InChI=1S/C16H23NOS/c1-3-13(8-9-18)11-17-12(2)16-10-14-6-4-5-7-15(14)19-16/h4-7,10,12-13,17-18H,3,8-9,11H2,1-2H3. The van der Waals surface area contributed by atoms with Gasteiger partial charge in [0.25, 0.3) is 0 Å². The molecule has 0 saturated carbocycles. The second kappa shape index (κ2) is 7.04. The van der Waals surface area contributed by atoms with E-state index in [1.165, 1.54) is 15.0 Å². The third-order valence-corrected chi connectivity index (χ3v) is 5.00. The number of fused-ring (bicyclic) bond motifs is 1. The van der Waals surface area contributed by atoms with Crippen LogP contribution >= 0.6 is 11.3 Å². The van der Waals surface area contributed by atoms with Gasteiger partial charge in [-0.2, -0.15) is 0 Å². The van der Waals surface area contributed by atoms with Crippen molar-refractivity contribution >= 4 is 21.4 Å². The van der Waals surface area contributed by atoms with Crippen molar-refractivity contribution in [1.29, 1.82) is 0 Å². The molecule has 0 radical (unpaired) electrons. The third kappa shape index (κ3) is 3.78. The van der Waals surface area contributed by atoms with Crippen molar-refractivity contribution < 1.29 is 5.11 Å². The molecule has 0 amide bonds. The first kappa shape index (κ1) is 14.5. The molecule has 3 heteroatoms. The van der Waals surface area contributed by atoms with Gasteiger partial charge in [-0.25, -0.2) is 0 Å². The summed E-state index contributed by atoms with van der Waals surface area (Å²) in [5.41, 5.74) is 0. The summed E-state index contributed by atoms with van der Waals surface area (Å²) in [5.74, 6) is 0.571. The van der Waals surface area contributed by atoms with Gasteiger partial charge in [0.05, 0.1) is 0 Å². The van der Waals surface area contributed by atoms with Crippen LogP contribution in [0.25, 0.3) is 10.1 Å². The molecule has 2 rings (SSSR count). The first-order valence-electron chi connectivity index (χ1n) is 7.07. The van der Waals surface area contributed by atoms with Crippen LogP contribution in [0.4, 0.5) is 0 Å². The normalized spacial score (nSPS) is 14.7. The van der Waals surface area contributed by atoms with Gasteiger partial charge in [0.15, 0.2) is 0 Å². The van der Waals surface area contributed by atoms with Gasteiger partial charge < -0.3 is 10.4 Å². The smallest absolute Gasteiger partial charge is 0.0434 e. The molecule has 2 N–H and O–H groups in total. The summed E-state index contributed by atoms with van der Waals surface area (Å²) in [5, 5.41) is 13.9. The summed E-state index contributed by atoms with van der Waals surface area (Å²) in [7, 11) is 0. The lowest BCUT2D eigenvalue weighted by molar-refractivity contribution is 0.249. The Morgan fingerprint density at radius 2 is 2.11 bits per heavy atom. The van der Waals surface area contributed by atoms with E-state index < -0.39 is 0 Å². The number of thiophene rings is 1. The van der Waals surface area contributed by atoms with Crippen LogP contribution < -0.4 is 5.32 Å². The third-order valence-electron chi connectivity index (χ3n) is 3.70. The van der Waals surface area contributed by atoms with E-state index in [1.807, 2.05) is 11.3 Å². The van der Waals surface area contributed by atoms with Crippen molar-refractivity contribution in [1.82, 2.24) is 5.32 Å². The molecule has 104 valence electrons. The highest BCUT2D eigenvalue weighted by Crippen LogP contribution is 2.29. The number of rotatable bonds is 7. The fourth-order valence-electron chi connectivity index (χ4n) is 2.29. The topological polar surface area (TPSA) is 32.3 Å². The Labute approximate surface area is 119 Å². The van der Waals surface area contributed by atoms with Crippen LogP contribution in [0.3, 0.4) is 0 Å². The molecule has 0 saturated heterocycles. The summed E-state index contributed by atoms with van der Waals surface area (Å²) in [4.78, 5) is 1.39. The van der Waals surface area contributed by atoms with Crippen molar-refractivity contribution in [3.05, 3.63) is 35.2 Å². The molecule has 1 aromatic heterocycles. The van der Waals surface area contributed by atoms with Crippen molar-refractivity contribution in [2.75, 3.05) is 13.2 Å². The van der Waals surface area contributed by atoms with E-state index in [9.17, 15) is 0 Å². The maximum Gasteiger partial charge on any atom is 0.0434 e. The highest BCUT2D eigenvalue weighted by molar-refractivity contribution is 7.19. The zero-order chi connectivity index (χ0) is 13.7. The highest BCUT2D eigenvalue weighted by Gasteiger charge is 2.11. The van der Waals surface area contributed by atoms with Gasteiger partial charge in [0, 0.05) is 22.2 Å². The summed E-state index contributed by atoms with van der Waals surface area (Å²) in [6.07, 6.45) is 2.01. The van der Waals surface area contributed by atoms with Crippen molar-refractivity contribution in [3.8, 4) is 0 Å². The zero-order valence-corrected chi connectivity index (χ0v) is 12.5. The van der Waals surface area contributed by atoms with E-state index in [0.29, 0.717) is 12.0 Å². The molecular weight excluding hydrogens is 254 g/mol. The van der Waals surface area contributed by atoms with Gasteiger partial charge in [0.2, 0.25) is 0 Å². The first-order valence-corrected chi connectivity index (χ1v) is 7.89. The second-order valence-corrected chi connectivity index (χ2v) is 6.22. The van der Waals surface area contributed by atoms with Crippen LogP contribution in [0.5, 0.6) is 0 Å². The lowest BCUT2D eigenvalue weighted by Crippen LogP contribution is -2.25. The van der Waals surface area contributed by atoms with Crippen LogP contribution in [0.15, 0.2) is 30.3 Å². The molecule has 0 aliphatic rings. The predicted molar refractivity (Wildman–Crippen MR) is 83.7 cm³/mol. The molecule has 0 fully saturated rings. The van der Waals surface area contributed by atoms with Gasteiger partial charge in [-0.15, -0.1) is 11.3 Å². The number of nitrogens with one attached hydrogen (secondary N) is 1. The van der Waals surface area contributed by atoms with Gasteiger partial charge >= 0.3 is 0 Å². The van der Waals surface area contributed by atoms with Gasteiger partial charge in [-0.05, 0) is 43.3 Å². The Kier molecular flexibility index (Phi) is 5.37. The van der Waals surface area contributed by atoms with Gasteiger partial charge in [0.1, 0.15) is 0 Å². The van der Waals surface area contributed by atoms with E-state index in [4.69, 9.17) is 5.11 Å². The Morgan fingerprint density at radius 3 is 2.79 bits per heavy atom. The molecule has 0 aliphatic carbocycles. The number of aliphatic hydroxyl groups excluding tert-OH is 1. The SMILES string of the molecule is CCC(CCO)CNC(C)c1cc2ccccc2s1. The lowest BCUT2D eigenvalue weighted by atomic mass is 10.0. The van der Waals surface area contributed by atoms with E-state index in [2.05, 4.69) is 49.5 Å². The molecular formula is C16H23NOS. The first-order chi connectivity index (χ1) is 9.24. The Balaban J connectivity index is 1.97. The van der Waals surface area contributed by atoms with Crippen molar-refractivity contribution in [2.24, 2.45) is 5.92 Å². The minimum atomic E-state index is 0.289. The average molecular weight is 277 g/mol. The van der Waals surface area contributed by atoms with E-state index in [0.717, 1.165) is 19.4 Å². The zero-order valence-electron chi connectivity index (χ0n) is 11.7.